The summed E-state index contributed by atoms with van der Waals surface area (Å²) >= 11 is 0. The predicted molar refractivity (Wildman–Crippen MR) is 85.2 cm³/mol. The van der Waals surface area contributed by atoms with Gasteiger partial charge in [-0.2, -0.15) is 0 Å². The van der Waals surface area contributed by atoms with Gasteiger partial charge in [-0.05, 0) is 24.6 Å². The Bertz CT molecular complexity index is 801. The molecular formula is C16H16FN3O5. The third-order valence-corrected chi connectivity index (χ3v) is 3.44. The van der Waals surface area contributed by atoms with Gasteiger partial charge in [-0.15, -0.1) is 0 Å². The van der Waals surface area contributed by atoms with E-state index in [1.807, 2.05) is 0 Å². The molecule has 25 heavy (non-hydrogen) atoms. The van der Waals surface area contributed by atoms with Crippen LogP contribution >= 0.6 is 0 Å². The zero-order chi connectivity index (χ0) is 18.6. The summed E-state index contributed by atoms with van der Waals surface area (Å²) in [6, 6.07) is 6.66. The first kappa shape index (κ1) is 18.1. The number of nitro groups is 1. The zero-order valence-electron chi connectivity index (χ0n) is 13.6. The molecule has 9 heteroatoms. The van der Waals surface area contributed by atoms with E-state index < -0.39 is 22.9 Å². The molecule has 2 rings (SSSR count). The highest BCUT2D eigenvalue weighted by Crippen LogP contribution is 2.16. The number of hydrogen-bond acceptors (Lipinski definition) is 5. The van der Waals surface area contributed by atoms with E-state index in [0.29, 0.717) is 5.56 Å². The van der Waals surface area contributed by atoms with E-state index in [1.54, 1.807) is 0 Å². The Morgan fingerprint density at radius 2 is 2.00 bits per heavy atom. The first-order valence-electron chi connectivity index (χ1n) is 7.32. The second kappa shape index (κ2) is 7.56. The van der Waals surface area contributed by atoms with Crippen molar-refractivity contribution in [3.05, 3.63) is 63.7 Å². The van der Waals surface area contributed by atoms with Crippen molar-refractivity contribution in [2.24, 2.45) is 7.05 Å². The number of carbonyl (C=O) groups excluding carboxylic acids is 2. The molecule has 1 N–H and O–H groups in total. The van der Waals surface area contributed by atoms with Crippen LogP contribution in [0.2, 0.25) is 0 Å². The maximum Gasteiger partial charge on any atom is 0.355 e. The molecule has 0 saturated carbocycles. The van der Waals surface area contributed by atoms with Gasteiger partial charge in [0, 0.05) is 19.7 Å². The van der Waals surface area contributed by atoms with Crippen molar-refractivity contribution in [2.75, 3.05) is 0 Å². The summed E-state index contributed by atoms with van der Waals surface area (Å²) in [5.74, 6) is -1.77. The maximum atomic E-state index is 12.8. The van der Waals surface area contributed by atoms with E-state index in [1.165, 1.54) is 49.0 Å². The van der Waals surface area contributed by atoms with Crippen molar-refractivity contribution in [1.29, 1.82) is 0 Å². The fraction of sp³-hybridized carbons (Fsp3) is 0.250. The van der Waals surface area contributed by atoms with Gasteiger partial charge in [-0.1, -0.05) is 12.1 Å². The number of esters is 1. The molecule has 8 nitrogen and oxygen atoms in total. The fourth-order valence-corrected chi connectivity index (χ4v) is 2.06. The SMILES string of the molecule is CC(OC(=O)c1cc([N+](=O)[O-])cn1C)C(=O)NCc1ccc(F)cc1. The van der Waals surface area contributed by atoms with Crippen molar-refractivity contribution in [3.8, 4) is 0 Å². The molecule has 0 spiro atoms. The van der Waals surface area contributed by atoms with Crippen molar-refractivity contribution in [1.82, 2.24) is 9.88 Å². The lowest BCUT2D eigenvalue weighted by atomic mass is 10.2. The average molecular weight is 349 g/mol. The number of benzene rings is 1. The monoisotopic (exact) mass is 349 g/mol. The third kappa shape index (κ3) is 4.63. The Kier molecular flexibility index (Phi) is 5.48. The maximum absolute atomic E-state index is 12.8. The van der Waals surface area contributed by atoms with E-state index in [2.05, 4.69) is 5.32 Å². The Labute approximate surface area is 142 Å². The summed E-state index contributed by atoms with van der Waals surface area (Å²) in [6.45, 7) is 1.53. The van der Waals surface area contributed by atoms with Crippen LogP contribution in [0.25, 0.3) is 0 Å². The summed E-state index contributed by atoms with van der Waals surface area (Å²) in [4.78, 5) is 34.1. The second-order valence-corrected chi connectivity index (χ2v) is 5.34. The molecule has 1 atom stereocenters. The Balaban J connectivity index is 1.92. The normalized spacial score (nSPS) is 11.6. The first-order valence-corrected chi connectivity index (χ1v) is 7.32. The second-order valence-electron chi connectivity index (χ2n) is 5.34. The smallest absolute Gasteiger partial charge is 0.355 e. The summed E-state index contributed by atoms with van der Waals surface area (Å²) in [5.41, 5.74) is 0.402. The fourth-order valence-electron chi connectivity index (χ4n) is 2.06. The van der Waals surface area contributed by atoms with Crippen LogP contribution in [0, 0.1) is 15.9 Å². The molecule has 1 aromatic heterocycles. The van der Waals surface area contributed by atoms with Crippen LogP contribution in [0.3, 0.4) is 0 Å². The van der Waals surface area contributed by atoms with Gasteiger partial charge in [0.05, 0.1) is 11.1 Å². The Morgan fingerprint density at radius 3 is 2.56 bits per heavy atom. The molecule has 2 aromatic rings. The molecule has 0 aliphatic carbocycles. The van der Waals surface area contributed by atoms with E-state index in [0.717, 1.165) is 6.07 Å². The van der Waals surface area contributed by atoms with Crippen LogP contribution in [-0.4, -0.2) is 27.5 Å². The molecular weight excluding hydrogens is 333 g/mol. The van der Waals surface area contributed by atoms with Gasteiger partial charge in [0.1, 0.15) is 11.5 Å². The van der Waals surface area contributed by atoms with Crippen LogP contribution in [0.4, 0.5) is 10.1 Å². The van der Waals surface area contributed by atoms with Crippen LogP contribution in [0.1, 0.15) is 23.0 Å². The van der Waals surface area contributed by atoms with Crippen molar-refractivity contribution < 1.29 is 23.6 Å². The van der Waals surface area contributed by atoms with Crippen LogP contribution in [0.15, 0.2) is 36.5 Å². The number of nitrogens with zero attached hydrogens (tertiary/aromatic N) is 2. The molecule has 1 unspecified atom stereocenters. The number of carbonyl (C=O) groups is 2. The minimum atomic E-state index is -1.10. The average Bonchev–Trinajstić information content (AvgIpc) is 2.96. The molecule has 1 amide bonds. The molecule has 0 aliphatic heterocycles. The minimum Gasteiger partial charge on any atom is -0.448 e. The summed E-state index contributed by atoms with van der Waals surface area (Å²) in [7, 11) is 1.46. The van der Waals surface area contributed by atoms with Gasteiger partial charge in [-0.3, -0.25) is 14.9 Å². The summed E-state index contributed by atoms with van der Waals surface area (Å²) < 4.78 is 19.1. The lowest BCUT2D eigenvalue weighted by Gasteiger charge is -2.13. The quantitative estimate of drug-likeness (QED) is 0.488. The largest absolute Gasteiger partial charge is 0.448 e. The molecule has 0 radical (unpaired) electrons. The van der Waals surface area contributed by atoms with E-state index in [9.17, 15) is 24.1 Å². The van der Waals surface area contributed by atoms with Gasteiger partial charge in [0.25, 0.3) is 11.6 Å². The highest BCUT2D eigenvalue weighted by Gasteiger charge is 2.23. The van der Waals surface area contributed by atoms with Crippen LogP contribution < -0.4 is 5.32 Å². The number of ether oxygens (including phenoxy) is 1. The lowest BCUT2D eigenvalue weighted by molar-refractivity contribution is -0.384. The molecule has 0 bridgehead atoms. The Morgan fingerprint density at radius 1 is 1.36 bits per heavy atom. The molecule has 0 aliphatic rings. The van der Waals surface area contributed by atoms with E-state index in [4.69, 9.17) is 4.74 Å². The predicted octanol–water partition coefficient (Wildman–Crippen LogP) is 1.93. The van der Waals surface area contributed by atoms with Crippen LogP contribution in [0.5, 0.6) is 0 Å². The summed E-state index contributed by atoms with van der Waals surface area (Å²) in [6.07, 6.45) is 0.0810. The highest BCUT2D eigenvalue weighted by atomic mass is 19.1. The van der Waals surface area contributed by atoms with Crippen molar-refractivity contribution in [2.45, 2.75) is 19.6 Å². The minimum absolute atomic E-state index is 0.0371. The number of aromatic nitrogens is 1. The van der Waals surface area contributed by atoms with Crippen LogP contribution in [-0.2, 0) is 23.1 Å². The topological polar surface area (TPSA) is 103 Å². The van der Waals surface area contributed by atoms with Gasteiger partial charge in [0.15, 0.2) is 6.10 Å². The zero-order valence-corrected chi connectivity index (χ0v) is 13.6. The molecule has 1 heterocycles. The number of hydrogen-bond donors (Lipinski definition) is 1. The van der Waals surface area contributed by atoms with Crippen molar-refractivity contribution >= 4 is 17.6 Å². The van der Waals surface area contributed by atoms with Gasteiger partial charge in [-0.25, -0.2) is 9.18 Å². The number of halogens is 1. The van der Waals surface area contributed by atoms with Gasteiger partial charge in [0.2, 0.25) is 0 Å². The third-order valence-electron chi connectivity index (χ3n) is 3.44. The Hall–Kier alpha value is -3.23. The summed E-state index contributed by atoms with van der Waals surface area (Å²) in [5, 5.41) is 13.3. The number of rotatable bonds is 6. The van der Waals surface area contributed by atoms with Gasteiger partial charge >= 0.3 is 5.97 Å². The number of nitrogens with one attached hydrogen (secondary N) is 1. The van der Waals surface area contributed by atoms with Crippen molar-refractivity contribution in [3.63, 3.8) is 0 Å². The highest BCUT2D eigenvalue weighted by molar-refractivity contribution is 5.91. The molecule has 0 fully saturated rings. The van der Waals surface area contributed by atoms with E-state index in [-0.39, 0.29) is 23.7 Å². The number of amides is 1. The molecule has 1 aromatic carbocycles. The molecule has 0 saturated heterocycles. The first-order chi connectivity index (χ1) is 11.8. The molecule has 132 valence electrons. The number of aryl methyl sites for hydroxylation is 1. The standard InChI is InChI=1S/C16H16FN3O5/c1-10(15(21)18-8-11-3-5-12(17)6-4-11)25-16(22)14-7-13(20(23)24)9-19(14)2/h3-7,9-10H,8H2,1-2H3,(H,18,21). The lowest BCUT2D eigenvalue weighted by Crippen LogP contribution is -2.35. The van der Waals surface area contributed by atoms with E-state index >= 15 is 0 Å². The van der Waals surface area contributed by atoms with Gasteiger partial charge < -0.3 is 14.6 Å².